The topological polar surface area (TPSA) is 86.7 Å². The van der Waals surface area contributed by atoms with E-state index in [1.807, 2.05) is 36.4 Å². The quantitative estimate of drug-likeness (QED) is 0.153. The molecule has 0 heterocycles. The Hall–Kier alpha value is -4.32. The van der Waals surface area contributed by atoms with Crippen LogP contribution in [0.4, 0.5) is 0 Å². The number of ether oxygens (including phenoxy) is 2. The Labute approximate surface area is 197 Å². The van der Waals surface area contributed by atoms with Crippen LogP contribution in [-0.4, -0.2) is 30.6 Å². The van der Waals surface area contributed by atoms with Crippen LogP contribution in [-0.2, 0) is 25.5 Å². The number of Topliss-reactive ketones (excluding diaryl/α,β-unsaturated/α-hetero) is 2. The zero-order valence-electron chi connectivity index (χ0n) is 18.9. The van der Waals surface area contributed by atoms with E-state index in [1.54, 1.807) is 36.4 Å². The fourth-order valence-electron chi connectivity index (χ4n) is 3.41. The lowest BCUT2D eigenvalue weighted by molar-refractivity contribution is -0.157. The Morgan fingerprint density at radius 3 is 1.88 bits per heavy atom. The number of esters is 2. The van der Waals surface area contributed by atoms with E-state index in [0.29, 0.717) is 16.9 Å². The number of allylic oxidation sites excluding steroid dienone is 1. The van der Waals surface area contributed by atoms with Crippen molar-refractivity contribution in [2.24, 2.45) is 0 Å². The van der Waals surface area contributed by atoms with Crippen LogP contribution in [0.15, 0.2) is 90.5 Å². The van der Waals surface area contributed by atoms with Crippen molar-refractivity contribution in [3.8, 4) is 5.75 Å². The molecule has 34 heavy (non-hydrogen) atoms. The Bertz CT molecular complexity index is 1210. The van der Waals surface area contributed by atoms with Gasteiger partial charge in [-0.1, -0.05) is 60.7 Å². The van der Waals surface area contributed by atoms with Crippen LogP contribution in [0.3, 0.4) is 0 Å². The standard InChI is InChI=1S/C28H24O6/c1-19(29)17-25(30)34-28(32)26(27(31)22-13-15-23(33-2)16-14-22)24(21-11-7-4-8-12-21)18-20-9-5-3-6-10-20/h3-16H,17-18H2,1-2H3/b26-24+. The third kappa shape index (κ3) is 6.36. The molecule has 0 bridgehead atoms. The second-order valence-corrected chi connectivity index (χ2v) is 7.58. The molecule has 6 nitrogen and oxygen atoms in total. The van der Waals surface area contributed by atoms with Gasteiger partial charge in [-0.2, -0.15) is 0 Å². The van der Waals surface area contributed by atoms with Crippen LogP contribution >= 0.6 is 0 Å². The van der Waals surface area contributed by atoms with Crippen molar-refractivity contribution < 1.29 is 28.7 Å². The molecule has 0 aliphatic heterocycles. The molecule has 3 aromatic rings. The van der Waals surface area contributed by atoms with Gasteiger partial charge in [0.2, 0.25) is 5.78 Å². The average molecular weight is 456 g/mol. The Balaban J connectivity index is 2.16. The van der Waals surface area contributed by atoms with E-state index in [4.69, 9.17) is 9.47 Å². The number of methoxy groups -OCH3 is 1. The van der Waals surface area contributed by atoms with Gasteiger partial charge in [0, 0.05) is 5.56 Å². The fourth-order valence-corrected chi connectivity index (χ4v) is 3.41. The molecule has 172 valence electrons. The monoisotopic (exact) mass is 456 g/mol. The van der Waals surface area contributed by atoms with E-state index in [9.17, 15) is 19.2 Å². The maximum absolute atomic E-state index is 13.6. The molecule has 0 N–H and O–H groups in total. The molecule has 0 saturated carbocycles. The third-order valence-corrected chi connectivity index (χ3v) is 5.03. The molecule has 0 aliphatic carbocycles. The molecule has 0 amide bonds. The highest BCUT2D eigenvalue weighted by atomic mass is 16.6. The minimum atomic E-state index is -1.10. The number of hydrogen-bond donors (Lipinski definition) is 0. The lowest BCUT2D eigenvalue weighted by atomic mass is 9.89. The number of hydrogen-bond acceptors (Lipinski definition) is 6. The molecule has 0 radical (unpaired) electrons. The van der Waals surface area contributed by atoms with Gasteiger partial charge in [-0.3, -0.25) is 14.4 Å². The summed E-state index contributed by atoms with van der Waals surface area (Å²) >= 11 is 0. The fraction of sp³-hybridized carbons (Fsp3) is 0.143. The van der Waals surface area contributed by atoms with Crippen LogP contribution in [0.5, 0.6) is 5.75 Å². The first-order chi connectivity index (χ1) is 16.4. The molecule has 3 aromatic carbocycles. The molecule has 0 aliphatic rings. The molecule has 0 spiro atoms. The van der Waals surface area contributed by atoms with Gasteiger partial charge in [0.1, 0.15) is 23.5 Å². The SMILES string of the molecule is COc1ccc(C(=O)/C(C(=O)OC(=O)CC(C)=O)=C(/Cc2ccccc2)c2ccccc2)cc1. The Morgan fingerprint density at radius 2 is 1.32 bits per heavy atom. The summed E-state index contributed by atoms with van der Waals surface area (Å²) in [4.78, 5) is 50.3. The zero-order chi connectivity index (χ0) is 24.5. The lowest BCUT2D eigenvalue weighted by Gasteiger charge is -2.15. The van der Waals surface area contributed by atoms with Crippen LogP contribution < -0.4 is 4.74 Å². The van der Waals surface area contributed by atoms with Gasteiger partial charge in [0.15, 0.2) is 0 Å². The van der Waals surface area contributed by atoms with E-state index in [1.165, 1.54) is 26.2 Å². The van der Waals surface area contributed by atoms with E-state index in [2.05, 4.69) is 0 Å². The Kier molecular flexibility index (Phi) is 8.24. The maximum atomic E-state index is 13.6. The molecular formula is C28H24O6. The highest BCUT2D eigenvalue weighted by Crippen LogP contribution is 2.28. The summed E-state index contributed by atoms with van der Waals surface area (Å²) in [5.41, 5.74) is 1.88. The maximum Gasteiger partial charge on any atom is 0.350 e. The number of carbonyl (C=O) groups excluding carboxylic acids is 4. The van der Waals surface area contributed by atoms with Crippen molar-refractivity contribution in [2.45, 2.75) is 19.8 Å². The molecule has 0 fully saturated rings. The van der Waals surface area contributed by atoms with Crippen molar-refractivity contribution in [1.82, 2.24) is 0 Å². The normalized spacial score (nSPS) is 11.2. The molecule has 3 rings (SSSR count). The first kappa shape index (κ1) is 24.3. The summed E-state index contributed by atoms with van der Waals surface area (Å²) in [6, 6.07) is 24.6. The molecule has 6 heteroatoms. The lowest BCUT2D eigenvalue weighted by Crippen LogP contribution is -2.23. The molecule has 0 atom stereocenters. The van der Waals surface area contributed by atoms with E-state index < -0.39 is 29.9 Å². The zero-order valence-corrected chi connectivity index (χ0v) is 18.9. The van der Waals surface area contributed by atoms with E-state index in [-0.39, 0.29) is 17.6 Å². The minimum absolute atomic E-state index is 0.230. The summed E-state index contributed by atoms with van der Waals surface area (Å²) in [7, 11) is 1.51. The summed E-state index contributed by atoms with van der Waals surface area (Å²) < 4.78 is 10.1. The predicted molar refractivity (Wildman–Crippen MR) is 127 cm³/mol. The first-order valence-corrected chi connectivity index (χ1v) is 10.6. The van der Waals surface area contributed by atoms with Gasteiger partial charge in [-0.25, -0.2) is 4.79 Å². The van der Waals surface area contributed by atoms with Crippen molar-refractivity contribution in [3.05, 3.63) is 107 Å². The van der Waals surface area contributed by atoms with Crippen molar-refractivity contribution >= 4 is 29.1 Å². The van der Waals surface area contributed by atoms with Crippen LogP contribution in [0, 0.1) is 0 Å². The number of carbonyl (C=O) groups is 4. The van der Waals surface area contributed by atoms with E-state index in [0.717, 1.165) is 5.56 Å². The second-order valence-electron chi connectivity index (χ2n) is 7.58. The van der Waals surface area contributed by atoms with Crippen molar-refractivity contribution in [2.75, 3.05) is 7.11 Å². The van der Waals surface area contributed by atoms with Crippen LogP contribution in [0.2, 0.25) is 0 Å². The molecule has 0 unspecified atom stereocenters. The molecule has 0 saturated heterocycles. The average Bonchev–Trinajstić information content (AvgIpc) is 2.84. The predicted octanol–water partition coefficient (Wildman–Crippen LogP) is 4.62. The largest absolute Gasteiger partial charge is 0.497 e. The van der Waals surface area contributed by atoms with Crippen molar-refractivity contribution in [1.29, 1.82) is 0 Å². The van der Waals surface area contributed by atoms with Crippen molar-refractivity contribution in [3.63, 3.8) is 0 Å². The number of ketones is 2. The minimum Gasteiger partial charge on any atom is -0.497 e. The summed E-state index contributed by atoms with van der Waals surface area (Å²) in [6.45, 7) is 1.22. The highest BCUT2D eigenvalue weighted by molar-refractivity contribution is 6.29. The smallest absolute Gasteiger partial charge is 0.350 e. The Morgan fingerprint density at radius 1 is 0.735 bits per heavy atom. The highest BCUT2D eigenvalue weighted by Gasteiger charge is 2.29. The van der Waals surface area contributed by atoms with Gasteiger partial charge in [-0.15, -0.1) is 0 Å². The number of benzene rings is 3. The van der Waals surface area contributed by atoms with E-state index >= 15 is 0 Å². The van der Waals surface area contributed by atoms with Gasteiger partial charge >= 0.3 is 11.9 Å². The van der Waals surface area contributed by atoms with Crippen LogP contribution in [0.25, 0.3) is 5.57 Å². The van der Waals surface area contributed by atoms with Gasteiger partial charge < -0.3 is 9.47 Å². The second kappa shape index (κ2) is 11.5. The summed E-state index contributed by atoms with van der Waals surface area (Å²) in [5.74, 6) is -2.60. The third-order valence-electron chi connectivity index (χ3n) is 5.03. The summed E-state index contributed by atoms with van der Waals surface area (Å²) in [5, 5.41) is 0. The summed E-state index contributed by atoms with van der Waals surface area (Å²) in [6.07, 6.45) is -0.312. The van der Waals surface area contributed by atoms with Gasteiger partial charge in [0.05, 0.1) is 7.11 Å². The first-order valence-electron chi connectivity index (χ1n) is 10.6. The molecular weight excluding hydrogens is 432 g/mol. The number of rotatable bonds is 9. The molecule has 0 aromatic heterocycles. The van der Waals surface area contributed by atoms with Gasteiger partial charge in [-0.05, 0) is 54.3 Å². The van der Waals surface area contributed by atoms with Crippen LogP contribution in [0.1, 0.15) is 34.8 Å². The van der Waals surface area contributed by atoms with Gasteiger partial charge in [0.25, 0.3) is 0 Å².